The van der Waals surface area contributed by atoms with Crippen LogP contribution in [0.2, 0.25) is 0 Å². The van der Waals surface area contributed by atoms with Crippen LogP contribution >= 0.6 is 0 Å². The van der Waals surface area contributed by atoms with Gasteiger partial charge >= 0.3 is 30.0 Å². The van der Waals surface area contributed by atoms with E-state index in [1.54, 1.807) is 45.9 Å². The maximum atomic E-state index is 14.8. The molecule has 2 bridgehead atoms. The lowest BCUT2D eigenvalue weighted by Crippen LogP contribution is -2.63. The SMILES string of the molecule is C=C1[C@H]2C[C@@H]3C[C@H](OC(=O)[C@@H]4OC(c5ccc(OC)cc5OC)N(C(=O)OC(C)(C)C)[C@H]4CC(C)C)C(C)=C([C@@H](OC(C)=O)[C@H](OC(C)=O)[C@]2(C)[C@@H](OC(C)=O)C[C@@H]1O)[C@@H]3C. The van der Waals surface area contributed by atoms with Gasteiger partial charge in [0.2, 0.25) is 0 Å². The summed E-state index contributed by atoms with van der Waals surface area (Å²) in [7, 11) is 3.01. The Morgan fingerprint density at radius 2 is 1.59 bits per heavy atom. The molecule has 1 N–H and O–H groups in total. The highest BCUT2D eigenvalue weighted by atomic mass is 16.6. The number of carbonyl (C=O) groups is 5. The minimum Gasteiger partial charge on any atom is -0.497 e. The predicted molar refractivity (Wildman–Crippen MR) is 221 cm³/mol. The van der Waals surface area contributed by atoms with Gasteiger partial charge in [0, 0.05) is 38.8 Å². The number of methoxy groups -OCH3 is 2. The van der Waals surface area contributed by atoms with Crippen LogP contribution in [-0.2, 0) is 47.6 Å². The van der Waals surface area contributed by atoms with E-state index in [1.165, 1.54) is 39.9 Å². The van der Waals surface area contributed by atoms with E-state index < -0.39 is 95.8 Å². The Morgan fingerprint density at radius 1 is 0.951 bits per heavy atom. The lowest BCUT2D eigenvalue weighted by atomic mass is 9.52. The fourth-order valence-corrected chi connectivity index (χ4v) is 10.0. The minimum atomic E-state index is -1.27. The number of aliphatic hydroxyl groups excluding tert-OH is 1. The Morgan fingerprint density at radius 3 is 2.15 bits per heavy atom. The van der Waals surface area contributed by atoms with Gasteiger partial charge in [-0.05, 0) is 99.5 Å². The first-order valence-corrected chi connectivity index (χ1v) is 21.1. The topological polar surface area (TPSA) is 183 Å². The number of hydrogen-bond donors (Lipinski definition) is 1. The molecule has 3 aliphatic carbocycles. The molecule has 0 radical (unpaired) electrons. The lowest BCUT2D eigenvalue weighted by molar-refractivity contribution is -0.208. The Bertz CT molecular complexity index is 1900. The smallest absolute Gasteiger partial charge is 0.413 e. The summed E-state index contributed by atoms with van der Waals surface area (Å²) in [6, 6.07) is 4.27. The van der Waals surface area contributed by atoms with Gasteiger partial charge in [0.25, 0.3) is 0 Å². The summed E-state index contributed by atoms with van der Waals surface area (Å²) in [5.41, 5.74) is 0.0631. The Hall–Kier alpha value is -4.63. The van der Waals surface area contributed by atoms with Crippen molar-refractivity contribution in [2.75, 3.05) is 14.2 Å². The number of ether oxygens (including phenoxy) is 8. The van der Waals surface area contributed by atoms with E-state index in [9.17, 15) is 29.1 Å². The molecular weight excluding hydrogens is 790 g/mol. The largest absolute Gasteiger partial charge is 0.497 e. The van der Waals surface area contributed by atoms with Crippen molar-refractivity contribution >= 4 is 30.0 Å². The molecule has 61 heavy (non-hydrogen) atoms. The minimum absolute atomic E-state index is 0.00288. The van der Waals surface area contributed by atoms with Crippen molar-refractivity contribution in [2.24, 2.45) is 29.1 Å². The normalized spacial score (nSPS) is 32.5. The summed E-state index contributed by atoms with van der Waals surface area (Å²) in [5.74, 6) is -2.86. The van der Waals surface area contributed by atoms with Crippen molar-refractivity contribution in [2.45, 2.75) is 156 Å². The van der Waals surface area contributed by atoms with E-state index in [1.807, 2.05) is 27.7 Å². The van der Waals surface area contributed by atoms with Gasteiger partial charge in [-0.1, -0.05) is 34.3 Å². The van der Waals surface area contributed by atoms with Crippen LogP contribution in [0.15, 0.2) is 41.5 Å². The molecule has 0 spiro atoms. The van der Waals surface area contributed by atoms with Crippen molar-refractivity contribution in [3.8, 4) is 11.5 Å². The number of amides is 1. The number of aliphatic hydroxyl groups is 1. The molecule has 15 heteroatoms. The third-order valence-corrected chi connectivity index (χ3v) is 12.8. The second-order valence-electron chi connectivity index (χ2n) is 18.6. The highest BCUT2D eigenvalue weighted by molar-refractivity contribution is 5.79. The van der Waals surface area contributed by atoms with Crippen LogP contribution in [0.3, 0.4) is 0 Å². The van der Waals surface area contributed by atoms with Crippen LogP contribution in [0.4, 0.5) is 4.79 Å². The number of benzene rings is 1. The molecule has 1 unspecified atom stereocenters. The molecule has 1 aliphatic heterocycles. The monoisotopic (exact) mass is 855 g/mol. The van der Waals surface area contributed by atoms with Gasteiger partial charge in [-0.2, -0.15) is 0 Å². The van der Waals surface area contributed by atoms with E-state index in [2.05, 4.69) is 6.58 Å². The van der Waals surface area contributed by atoms with Gasteiger partial charge in [-0.3, -0.25) is 19.3 Å². The molecule has 1 saturated heterocycles. The maximum Gasteiger partial charge on any atom is 0.413 e. The summed E-state index contributed by atoms with van der Waals surface area (Å²) in [4.78, 5) is 69.0. The number of nitrogens with zero attached hydrogens (tertiary/aromatic N) is 1. The molecule has 338 valence electrons. The predicted octanol–water partition coefficient (Wildman–Crippen LogP) is 6.78. The summed E-state index contributed by atoms with van der Waals surface area (Å²) in [6.07, 6.45) is -7.27. The molecule has 1 aromatic carbocycles. The van der Waals surface area contributed by atoms with Crippen molar-refractivity contribution in [1.82, 2.24) is 4.90 Å². The number of fused-ring (bicyclic) bond motifs is 3. The van der Waals surface area contributed by atoms with Gasteiger partial charge in [0.1, 0.15) is 29.3 Å². The molecular formula is C46H65NO14. The Kier molecular flexibility index (Phi) is 14.3. The van der Waals surface area contributed by atoms with Crippen LogP contribution in [0.5, 0.6) is 11.5 Å². The highest BCUT2D eigenvalue weighted by Crippen LogP contribution is 2.58. The average Bonchev–Trinajstić information content (AvgIpc) is 3.52. The van der Waals surface area contributed by atoms with Crippen LogP contribution in [0.1, 0.15) is 114 Å². The first-order chi connectivity index (χ1) is 28.4. The fourth-order valence-electron chi connectivity index (χ4n) is 10.0. The second-order valence-corrected chi connectivity index (χ2v) is 18.6. The Balaban J connectivity index is 1.63. The third kappa shape index (κ3) is 9.72. The number of hydrogen-bond acceptors (Lipinski definition) is 14. The van der Waals surface area contributed by atoms with E-state index in [4.69, 9.17) is 37.9 Å². The molecule has 2 saturated carbocycles. The molecule has 1 aromatic rings. The molecule has 1 heterocycles. The molecule has 3 fully saturated rings. The zero-order valence-corrected chi connectivity index (χ0v) is 37.9. The first kappa shape index (κ1) is 47.4. The fraction of sp³-hybridized carbons (Fsp3) is 0.674. The van der Waals surface area contributed by atoms with Crippen molar-refractivity contribution in [1.29, 1.82) is 0 Å². The van der Waals surface area contributed by atoms with E-state index in [0.717, 1.165) is 0 Å². The van der Waals surface area contributed by atoms with E-state index in [0.29, 0.717) is 53.0 Å². The zero-order valence-electron chi connectivity index (χ0n) is 37.9. The van der Waals surface area contributed by atoms with E-state index >= 15 is 0 Å². The second kappa shape index (κ2) is 18.4. The van der Waals surface area contributed by atoms with Crippen molar-refractivity contribution in [3.05, 3.63) is 47.1 Å². The van der Waals surface area contributed by atoms with Gasteiger partial charge in [-0.15, -0.1) is 0 Å². The van der Waals surface area contributed by atoms with Crippen LogP contribution < -0.4 is 9.47 Å². The summed E-state index contributed by atoms with van der Waals surface area (Å²) < 4.78 is 48.4. The van der Waals surface area contributed by atoms with Crippen LogP contribution in [0, 0.1) is 29.1 Å². The average molecular weight is 856 g/mol. The van der Waals surface area contributed by atoms with Crippen molar-refractivity contribution < 1.29 is 67.0 Å². The van der Waals surface area contributed by atoms with Crippen LogP contribution in [-0.4, -0.2) is 102 Å². The molecule has 12 atom stereocenters. The summed E-state index contributed by atoms with van der Waals surface area (Å²) in [6.45, 7) is 22.9. The standard InChI is InChI=1S/C46H65NO14/c1-22(2)17-33-39(60-42(47(33)44(53)61-45(9,10)11)31-16-15-30(54-13)20-36(31)55-14)43(52)59-35-19-29-18-32-24(4)34(51)21-37(56-26(6)48)46(32,12)41(58-28(8)50)40(57-27(7)49)38(23(29)3)25(35)5/h15-16,20,22-23,29,32-35,37,39-42,51H,4,17-19,21H2,1-3,5-14H3/t23-,29-,32-,33+,34+,35+,37+,39-,40-,41+,42?,46+/m1/s1. The maximum absolute atomic E-state index is 14.8. The van der Waals surface area contributed by atoms with Gasteiger partial charge in [-0.25, -0.2) is 9.59 Å². The van der Waals surface area contributed by atoms with Crippen molar-refractivity contribution in [3.63, 3.8) is 0 Å². The number of esters is 4. The molecule has 4 aliphatic rings. The number of rotatable bonds is 10. The molecule has 0 aromatic heterocycles. The van der Waals surface area contributed by atoms with Crippen LogP contribution in [0.25, 0.3) is 0 Å². The summed E-state index contributed by atoms with van der Waals surface area (Å²) in [5, 5.41) is 11.3. The van der Waals surface area contributed by atoms with Gasteiger partial charge in [0.15, 0.2) is 24.5 Å². The summed E-state index contributed by atoms with van der Waals surface area (Å²) >= 11 is 0. The number of carbonyl (C=O) groups excluding carboxylic acids is 5. The zero-order chi connectivity index (χ0) is 45.5. The molecule has 1 amide bonds. The highest BCUT2D eigenvalue weighted by Gasteiger charge is 2.63. The first-order valence-electron chi connectivity index (χ1n) is 21.1. The van der Waals surface area contributed by atoms with Gasteiger partial charge < -0.3 is 43.0 Å². The Labute approximate surface area is 359 Å². The third-order valence-electron chi connectivity index (χ3n) is 12.8. The quantitative estimate of drug-likeness (QED) is 0.148. The van der Waals surface area contributed by atoms with E-state index in [-0.39, 0.29) is 24.2 Å². The molecule has 5 rings (SSSR count). The van der Waals surface area contributed by atoms with Gasteiger partial charge in [0.05, 0.1) is 31.8 Å². The lowest BCUT2D eigenvalue weighted by Gasteiger charge is -2.57. The molecule has 15 nitrogen and oxygen atoms in total.